The van der Waals surface area contributed by atoms with Crippen molar-refractivity contribution in [3.05, 3.63) is 0 Å². The van der Waals surface area contributed by atoms with Gasteiger partial charge >= 0.3 is 0 Å². The van der Waals surface area contributed by atoms with Crippen LogP contribution in [0, 0.1) is 11.3 Å². The van der Waals surface area contributed by atoms with Gasteiger partial charge in [0.15, 0.2) is 0 Å². The summed E-state index contributed by atoms with van der Waals surface area (Å²) < 4.78 is 12.0. The van der Waals surface area contributed by atoms with Crippen molar-refractivity contribution in [3.63, 3.8) is 0 Å². The predicted octanol–water partition coefficient (Wildman–Crippen LogP) is 2.55. The fourth-order valence-electron chi connectivity index (χ4n) is 3.29. The Morgan fingerprint density at radius 3 is 2.18 bits per heavy atom. The van der Waals surface area contributed by atoms with E-state index in [0.717, 1.165) is 13.0 Å². The zero-order valence-electron chi connectivity index (χ0n) is 12.1. The molecule has 2 fully saturated rings. The zero-order chi connectivity index (χ0) is 12.9. The van der Waals surface area contributed by atoms with Gasteiger partial charge in [-0.1, -0.05) is 27.7 Å². The van der Waals surface area contributed by atoms with Gasteiger partial charge in [-0.15, -0.1) is 0 Å². The van der Waals surface area contributed by atoms with Crippen molar-refractivity contribution in [2.75, 3.05) is 13.2 Å². The molecule has 100 valence electrons. The summed E-state index contributed by atoms with van der Waals surface area (Å²) in [6, 6.07) is 0.480. The van der Waals surface area contributed by atoms with Crippen molar-refractivity contribution in [2.24, 2.45) is 11.3 Å². The van der Waals surface area contributed by atoms with Crippen molar-refractivity contribution >= 4 is 0 Å². The molecular formula is C14H27NO2. The molecule has 1 spiro atoms. The minimum Gasteiger partial charge on any atom is -0.371 e. The van der Waals surface area contributed by atoms with Crippen molar-refractivity contribution in [2.45, 2.75) is 65.3 Å². The molecular weight excluding hydrogens is 214 g/mol. The molecule has 0 saturated carbocycles. The van der Waals surface area contributed by atoms with Crippen LogP contribution in [-0.4, -0.2) is 30.6 Å². The molecule has 0 bridgehead atoms. The lowest BCUT2D eigenvalue weighted by Gasteiger charge is -2.49. The minimum absolute atomic E-state index is 0.0734. The highest BCUT2D eigenvalue weighted by Crippen LogP contribution is 2.41. The van der Waals surface area contributed by atoms with E-state index in [2.05, 4.69) is 46.9 Å². The van der Waals surface area contributed by atoms with Gasteiger partial charge in [-0.3, -0.25) is 5.32 Å². The molecule has 2 unspecified atom stereocenters. The highest BCUT2D eigenvalue weighted by atomic mass is 16.6. The van der Waals surface area contributed by atoms with Gasteiger partial charge in [0.1, 0.15) is 5.72 Å². The molecule has 2 rings (SSSR count). The summed E-state index contributed by atoms with van der Waals surface area (Å²) in [4.78, 5) is 0. The summed E-state index contributed by atoms with van der Waals surface area (Å²) in [5.41, 5.74) is -0.143. The molecule has 3 nitrogen and oxygen atoms in total. The van der Waals surface area contributed by atoms with Gasteiger partial charge in [-0.25, -0.2) is 0 Å². The number of hydrogen-bond donors (Lipinski definition) is 1. The number of ether oxygens (including phenoxy) is 2. The molecule has 0 radical (unpaired) electrons. The van der Waals surface area contributed by atoms with E-state index in [1.807, 2.05) is 0 Å². The molecule has 2 saturated heterocycles. The lowest BCUT2D eigenvalue weighted by atomic mass is 9.76. The Balaban J connectivity index is 2.15. The molecule has 2 aliphatic heterocycles. The first-order valence-corrected chi connectivity index (χ1v) is 6.72. The Morgan fingerprint density at radius 2 is 1.71 bits per heavy atom. The number of rotatable bonds is 1. The first kappa shape index (κ1) is 13.3. The molecule has 3 heteroatoms. The van der Waals surface area contributed by atoms with Crippen LogP contribution in [0.2, 0.25) is 0 Å². The molecule has 0 aliphatic carbocycles. The SMILES string of the molecule is CC(C)C1NC2(COC(C)(C)C2)OCC1(C)C. The lowest BCUT2D eigenvalue weighted by molar-refractivity contribution is -0.163. The maximum atomic E-state index is 6.12. The molecule has 2 heterocycles. The Labute approximate surface area is 105 Å². The lowest BCUT2D eigenvalue weighted by Crippen LogP contribution is -2.65. The van der Waals surface area contributed by atoms with Crippen molar-refractivity contribution < 1.29 is 9.47 Å². The summed E-state index contributed by atoms with van der Waals surface area (Å²) in [5, 5.41) is 3.73. The van der Waals surface area contributed by atoms with Crippen LogP contribution >= 0.6 is 0 Å². The van der Waals surface area contributed by atoms with E-state index in [9.17, 15) is 0 Å². The van der Waals surface area contributed by atoms with Crippen molar-refractivity contribution in [1.82, 2.24) is 5.32 Å². The fraction of sp³-hybridized carbons (Fsp3) is 1.00. The van der Waals surface area contributed by atoms with E-state index < -0.39 is 0 Å². The Hall–Kier alpha value is -0.120. The van der Waals surface area contributed by atoms with E-state index >= 15 is 0 Å². The van der Waals surface area contributed by atoms with Gasteiger partial charge in [-0.05, 0) is 19.8 Å². The molecule has 0 aromatic heterocycles. The van der Waals surface area contributed by atoms with Crippen molar-refractivity contribution in [1.29, 1.82) is 0 Å². The van der Waals surface area contributed by atoms with Gasteiger partial charge in [0.2, 0.25) is 0 Å². The smallest absolute Gasteiger partial charge is 0.145 e. The predicted molar refractivity (Wildman–Crippen MR) is 68.9 cm³/mol. The van der Waals surface area contributed by atoms with Crippen molar-refractivity contribution in [3.8, 4) is 0 Å². The second kappa shape index (κ2) is 3.94. The van der Waals surface area contributed by atoms with Crippen LogP contribution in [0.25, 0.3) is 0 Å². The van der Waals surface area contributed by atoms with Crippen LogP contribution in [-0.2, 0) is 9.47 Å². The highest BCUT2D eigenvalue weighted by molar-refractivity contribution is 5.01. The van der Waals surface area contributed by atoms with E-state index in [-0.39, 0.29) is 16.7 Å². The first-order chi connectivity index (χ1) is 7.66. The molecule has 0 aromatic rings. The van der Waals surface area contributed by atoms with E-state index in [4.69, 9.17) is 9.47 Å². The van der Waals surface area contributed by atoms with Crippen LogP contribution < -0.4 is 5.32 Å². The van der Waals surface area contributed by atoms with Crippen LogP contribution in [0.3, 0.4) is 0 Å². The van der Waals surface area contributed by atoms with Gasteiger partial charge in [0.05, 0.1) is 18.8 Å². The second-order valence-electron chi connectivity index (χ2n) is 7.36. The molecule has 2 aliphatic rings. The van der Waals surface area contributed by atoms with Crippen LogP contribution in [0.5, 0.6) is 0 Å². The third kappa shape index (κ3) is 2.51. The average molecular weight is 241 g/mol. The highest BCUT2D eigenvalue weighted by Gasteiger charge is 2.52. The largest absolute Gasteiger partial charge is 0.371 e. The molecule has 0 amide bonds. The third-order valence-corrected chi connectivity index (χ3v) is 4.05. The quantitative estimate of drug-likeness (QED) is 0.765. The number of hydrogen-bond acceptors (Lipinski definition) is 3. The minimum atomic E-state index is -0.256. The molecule has 1 N–H and O–H groups in total. The Kier molecular flexibility index (Phi) is 3.08. The van der Waals surface area contributed by atoms with Gasteiger partial charge in [-0.2, -0.15) is 0 Å². The summed E-state index contributed by atoms with van der Waals surface area (Å²) in [6.45, 7) is 14.9. The molecule has 2 atom stereocenters. The fourth-order valence-corrected chi connectivity index (χ4v) is 3.29. The normalized spacial score (nSPS) is 40.1. The van der Waals surface area contributed by atoms with Gasteiger partial charge < -0.3 is 9.47 Å². The summed E-state index contributed by atoms with van der Waals surface area (Å²) in [7, 11) is 0. The summed E-state index contributed by atoms with van der Waals surface area (Å²) in [5.74, 6) is 0.606. The Morgan fingerprint density at radius 1 is 1.06 bits per heavy atom. The van der Waals surface area contributed by atoms with Crippen LogP contribution in [0.4, 0.5) is 0 Å². The number of nitrogens with one attached hydrogen (secondary N) is 1. The molecule has 0 aromatic carbocycles. The van der Waals surface area contributed by atoms with Gasteiger partial charge in [0.25, 0.3) is 0 Å². The topological polar surface area (TPSA) is 30.5 Å². The monoisotopic (exact) mass is 241 g/mol. The van der Waals surface area contributed by atoms with Crippen LogP contribution in [0.15, 0.2) is 0 Å². The first-order valence-electron chi connectivity index (χ1n) is 6.72. The van der Waals surface area contributed by atoms with E-state index in [1.165, 1.54) is 0 Å². The third-order valence-electron chi connectivity index (χ3n) is 4.05. The Bertz CT molecular complexity index is 299. The summed E-state index contributed by atoms with van der Waals surface area (Å²) in [6.07, 6.45) is 0.930. The second-order valence-corrected chi connectivity index (χ2v) is 7.36. The standard InChI is InChI=1S/C14H27NO2/c1-10(2)11-12(3,4)8-17-14(15-11)7-13(5,6)16-9-14/h10-11,15H,7-9H2,1-6H3. The van der Waals surface area contributed by atoms with E-state index in [1.54, 1.807) is 0 Å². The maximum absolute atomic E-state index is 6.12. The summed E-state index contributed by atoms with van der Waals surface area (Å²) >= 11 is 0. The van der Waals surface area contributed by atoms with E-state index in [0.29, 0.717) is 18.6 Å². The van der Waals surface area contributed by atoms with Crippen LogP contribution in [0.1, 0.15) is 48.0 Å². The average Bonchev–Trinajstić information content (AvgIpc) is 2.47. The molecule has 17 heavy (non-hydrogen) atoms. The zero-order valence-corrected chi connectivity index (χ0v) is 12.1. The maximum Gasteiger partial charge on any atom is 0.145 e. The van der Waals surface area contributed by atoms with Gasteiger partial charge in [0, 0.05) is 17.9 Å².